The molecule has 0 aliphatic rings. The standard InChI is InChI=1S/C20H22N2O3S2/c1-12(2)27(24,25)16-8-6-15(7-9-16)19(23)21-20-22(5)17-11-13(3)10-14(4)18(17)26-20/h6-12H,1-5H3. The van der Waals surface area contributed by atoms with Crippen LogP contribution in [0.1, 0.15) is 35.3 Å². The van der Waals surface area contributed by atoms with Gasteiger partial charge >= 0.3 is 0 Å². The van der Waals surface area contributed by atoms with Crippen LogP contribution >= 0.6 is 11.3 Å². The van der Waals surface area contributed by atoms with E-state index in [0.717, 1.165) is 21.3 Å². The molecule has 5 nitrogen and oxygen atoms in total. The first-order valence-electron chi connectivity index (χ1n) is 8.61. The first-order chi connectivity index (χ1) is 12.6. The van der Waals surface area contributed by atoms with E-state index in [1.54, 1.807) is 13.8 Å². The second kappa shape index (κ2) is 7.05. The summed E-state index contributed by atoms with van der Waals surface area (Å²) >= 11 is 1.47. The van der Waals surface area contributed by atoms with Gasteiger partial charge in [0.15, 0.2) is 14.6 Å². The molecular formula is C20H22N2O3S2. The lowest BCUT2D eigenvalue weighted by Gasteiger charge is -2.07. The molecule has 1 heterocycles. The van der Waals surface area contributed by atoms with Gasteiger partial charge in [0.05, 0.1) is 20.4 Å². The molecule has 0 atom stereocenters. The summed E-state index contributed by atoms with van der Waals surface area (Å²) in [5.41, 5.74) is 3.72. The number of thiazole rings is 1. The molecule has 0 unspecified atom stereocenters. The Bertz CT molecular complexity index is 1200. The first-order valence-corrected chi connectivity index (χ1v) is 11.0. The van der Waals surface area contributed by atoms with Crippen LogP contribution in [0.3, 0.4) is 0 Å². The Morgan fingerprint density at radius 1 is 1.11 bits per heavy atom. The number of hydrogen-bond donors (Lipinski definition) is 0. The fourth-order valence-electron chi connectivity index (χ4n) is 2.89. The van der Waals surface area contributed by atoms with Crippen molar-refractivity contribution in [1.82, 2.24) is 4.57 Å². The van der Waals surface area contributed by atoms with Gasteiger partial charge in [-0.15, -0.1) is 0 Å². The van der Waals surface area contributed by atoms with Crippen LogP contribution < -0.4 is 4.80 Å². The molecule has 0 N–H and O–H groups in total. The van der Waals surface area contributed by atoms with Crippen LogP contribution in [0.25, 0.3) is 10.2 Å². The van der Waals surface area contributed by atoms with E-state index < -0.39 is 15.1 Å². The number of aromatic nitrogens is 1. The summed E-state index contributed by atoms with van der Waals surface area (Å²) in [5.74, 6) is -0.389. The molecule has 0 bridgehead atoms. The predicted octanol–water partition coefficient (Wildman–Crippen LogP) is 3.78. The van der Waals surface area contributed by atoms with Crippen molar-refractivity contribution in [1.29, 1.82) is 0 Å². The second-order valence-corrected chi connectivity index (χ2v) is 10.4. The van der Waals surface area contributed by atoms with Crippen molar-refractivity contribution < 1.29 is 13.2 Å². The molecule has 1 aromatic heterocycles. The van der Waals surface area contributed by atoms with Gasteiger partial charge in [0.2, 0.25) is 0 Å². The number of fused-ring (bicyclic) bond motifs is 1. The minimum absolute atomic E-state index is 0.215. The summed E-state index contributed by atoms with van der Waals surface area (Å²) in [5, 5.41) is -0.506. The molecule has 0 saturated carbocycles. The van der Waals surface area contributed by atoms with Gasteiger partial charge in [0, 0.05) is 12.6 Å². The average Bonchev–Trinajstić information content (AvgIpc) is 2.91. The smallest absolute Gasteiger partial charge is 0.279 e. The number of rotatable bonds is 3. The van der Waals surface area contributed by atoms with E-state index in [9.17, 15) is 13.2 Å². The molecule has 0 saturated heterocycles. The van der Waals surface area contributed by atoms with E-state index in [-0.39, 0.29) is 10.8 Å². The van der Waals surface area contributed by atoms with Crippen molar-refractivity contribution in [3.8, 4) is 0 Å². The van der Waals surface area contributed by atoms with Crippen LogP contribution in [-0.2, 0) is 16.9 Å². The van der Waals surface area contributed by atoms with Crippen molar-refractivity contribution in [2.24, 2.45) is 12.0 Å². The summed E-state index contributed by atoms with van der Waals surface area (Å²) in [6.07, 6.45) is 0. The Hall–Kier alpha value is -2.25. The second-order valence-electron chi connectivity index (χ2n) is 6.91. The van der Waals surface area contributed by atoms with Crippen LogP contribution in [0.15, 0.2) is 46.3 Å². The number of benzene rings is 2. The van der Waals surface area contributed by atoms with Gasteiger partial charge in [-0.2, -0.15) is 4.99 Å². The molecule has 2 aromatic carbocycles. The minimum atomic E-state index is -3.36. The van der Waals surface area contributed by atoms with Gasteiger partial charge in [0.25, 0.3) is 5.91 Å². The lowest BCUT2D eigenvalue weighted by atomic mass is 10.1. The van der Waals surface area contributed by atoms with Crippen LogP contribution in [0.4, 0.5) is 0 Å². The van der Waals surface area contributed by atoms with Crippen molar-refractivity contribution in [3.05, 3.63) is 57.9 Å². The van der Waals surface area contributed by atoms with E-state index in [4.69, 9.17) is 0 Å². The Kier molecular flexibility index (Phi) is 5.10. The van der Waals surface area contributed by atoms with E-state index in [0.29, 0.717) is 10.4 Å². The largest absolute Gasteiger partial charge is 0.319 e. The zero-order valence-corrected chi connectivity index (χ0v) is 17.6. The third kappa shape index (κ3) is 3.61. The molecule has 3 aromatic rings. The highest BCUT2D eigenvalue weighted by atomic mass is 32.2. The molecule has 142 valence electrons. The number of amides is 1. The minimum Gasteiger partial charge on any atom is -0.319 e. The van der Waals surface area contributed by atoms with Gasteiger partial charge < -0.3 is 4.57 Å². The van der Waals surface area contributed by atoms with Crippen LogP contribution in [0.2, 0.25) is 0 Å². The summed E-state index contributed by atoms with van der Waals surface area (Å²) in [6, 6.07) is 10.2. The van der Waals surface area contributed by atoms with E-state index in [2.05, 4.69) is 17.1 Å². The van der Waals surface area contributed by atoms with Gasteiger partial charge in [-0.05, 0) is 69.2 Å². The van der Waals surface area contributed by atoms with E-state index in [1.165, 1.54) is 35.6 Å². The highest BCUT2D eigenvalue weighted by molar-refractivity contribution is 7.92. The van der Waals surface area contributed by atoms with Gasteiger partial charge in [-0.25, -0.2) is 8.42 Å². The van der Waals surface area contributed by atoms with Crippen molar-refractivity contribution in [3.63, 3.8) is 0 Å². The topological polar surface area (TPSA) is 68.5 Å². The molecule has 7 heteroatoms. The van der Waals surface area contributed by atoms with Gasteiger partial charge in [-0.1, -0.05) is 17.4 Å². The quantitative estimate of drug-likeness (QED) is 0.669. The Balaban J connectivity index is 2.01. The van der Waals surface area contributed by atoms with Crippen molar-refractivity contribution in [2.45, 2.75) is 37.8 Å². The monoisotopic (exact) mass is 402 g/mol. The maximum absolute atomic E-state index is 12.6. The number of nitrogens with zero attached hydrogens (tertiary/aromatic N) is 2. The summed E-state index contributed by atoms with van der Waals surface area (Å²) in [7, 11) is -1.46. The third-order valence-electron chi connectivity index (χ3n) is 4.49. The number of carbonyl (C=O) groups is 1. The molecular weight excluding hydrogens is 380 g/mol. The number of carbonyl (C=O) groups excluding carboxylic acids is 1. The van der Waals surface area contributed by atoms with Gasteiger partial charge in [-0.3, -0.25) is 4.79 Å². The van der Waals surface area contributed by atoms with Crippen LogP contribution in [0.5, 0.6) is 0 Å². The maximum atomic E-state index is 12.6. The van der Waals surface area contributed by atoms with Crippen molar-refractivity contribution in [2.75, 3.05) is 0 Å². The molecule has 0 fully saturated rings. The maximum Gasteiger partial charge on any atom is 0.279 e. The molecule has 0 aliphatic carbocycles. The first kappa shape index (κ1) is 19.5. The summed E-state index contributed by atoms with van der Waals surface area (Å²) in [4.78, 5) is 17.7. The number of hydrogen-bond acceptors (Lipinski definition) is 4. The lowest BCUT2D eigenvalue weighted by molar-refractivity contribution is 0.0998. The Labute approximate surface area is 162 Å². The zero-order chi connectivity index (χ0) is 19.9. The molecule has 0 radical (unpaired) electrons. The predicted molar refractivity (Wildman–Crippen MR) is 109 cm³/mol. The Morgan fingerprint density at radius 3 is 2.33 bits per heavy atom. The molecule has 3 rings (SSSR count). The fraction of sp³-hybridized carbons (Fsp3) is 0.300. The van der Waals surface area contributed by atoms with Crippen LogP contribution in [0, 0.1) is 13.8 Å². The average molecular weight is 403 g/mol. The summed E-state index contributed by atoms with van der Waals surface area (Å²) < 4.78 is 27.4. The number of aryl methyl sites for hydroxylation is 3. The summed E-state index contributed by atoms with van der Waals surface area (Å²) in [6.45, 7) is 7.36. The fourth-order valence-corrected chi connectivity index (χ4v) is 5.01. The molecule has 0 spiro atoms. The highest BCUT2D eigenvalue weighted by Gasteiger charge is 2.19. The molecule has 1 amide bonds. The van der Waals surface area contributed by atoms with Crippen molar-refractivity contribution >= 4 is 37.3 Å². The van der Waals surface area contributed by atoms with E-state index >= 15 is 0 Å². The Morgan fingerprint density at radius 2 is 1.74 bits per heavy atom. The van der Waals surface area contributed by atoms with Gasteiger partial charge in [0.1, 0.15) is 0 Å². The van der Waals surface area contributed by atoms with E-state index in [1.807, 2.05) is 25.5 Å². The zero-order valence-electron chi connectivity index (χ0n) is 16.0. The SMILES string of the molecule is Cc1cc(C)c2sc(=NC(=O)c3ccc(S(=O)(=O)C(C)C)cc3)n(C)c2c1. The highest BCUT2D eigenvalue weighted by Crippen LogP contribution is 2.23. The lowest BCUT2D eigenvalue weighted by Crippen LogP contribution is -2.15. The number of sulfone groups is 1. The molecule has 0 aliphatic heterocycles. The third-order valence-corrected chi connectivity index (χ3v) is 7.94. The van der Waals surface area contributed by atoms with Crippen LogP contribution in [-0.4, -0.2) is 24.1 Å². The molecule has 27 heavy (non-hydrogen) atoms. The normalized spacial score (nSPS) is 12.9.